The summed E-state index contributed by atoms with van der Waals surface area (Å²) in [5.41, 5.74) is -0.118. The molecule has 2 unspecified atom stereocenters. The SMILES string of the molecule is CCC1(C)CC(O)(Cc2cccc(Cl)c2Cl)CCO1. The second kappa shape index (κ2) is 5.61. The molecule has 0 aliphatic carbocycles. The minimum absolute atomic E-state index is 0.252. The van der Waals surface area contributed by atoms with Gasteiger partial charge in [-0.05, 0) is 31.4 Å². The fourth-order valence-corrected chi connectivity index (χ4v) is 3.13. The Morgan fingerprint density at radius 3 is 2.79 bits per heavy atom. The summed E-state index contributed by atoms with van der Waals surface area (Å²) in [5.74, 6) is 0. The minimum atomic E-state index is -0.767. The molecular formula is C15H20Cl2O2. The van der Waals surface area contributed by atoms with Crippen LogP contribution in [0.1, 0.15) is 38.7 Å². The van der Waals surface area contributed by atoms with Crippen molar-refractivity contribution in [2.75, 3.05) is 6.61 Å². The topological polar surface area (TPSA) is 29.5 Å². The van der Waals surface area contributed by atoms with E-state index in [2.05, 4.69) is 13.8 Å². The van der Waals surface area contributed by atoms with Crippen molar-refractivity contribution in [3.63, 3.8) is 0 Å². The molecule has 1 heterocycles. The summed E-state index contributed by atoms with van der Waals surface area (Å²) in [5, 5.41) is 11.9. The molecule has 19 heavy (non-hydrogen) atoms. The van der Waals surface area contributed by atoms with Gasteiger partial charge in [-0.2, -0.15) is 0 Å². The normalized spacial score (nSPS) is 31.4. The molecule has 4 heteroatoms. The van der Waals surface area contributed by atoms with E-state index in [0.717, 1.165) is 12.0 Å². The Hall–Kier alpha value is -0.280. The Labute approximate surface area is 124 Å². The maximum absolute atomic E-state index is 10.8. The van der Waals surface area contributed by atoms with Crippen molar-refractivity contribution < 1.29 is 9.84 Å². The number of aliphatic hydroxyl groups is 1. The molecule has 1 N–H and O–H groups in total. The molecule has 1 aliphatic rings. The summed E-state index contributed by atoms with van der Waals surface area (Å²) in [6, 6.07) is 5.55. The van der Waals surface area contributed by atoms with Crippen molar-refractivity contribution in [2.24, 2.45) is 0 Å². The van der Waals surface area contributed by atoms with Gasteiger partial charge >= 0.3 is 0 Å². The molecule has 1 aromatic carbocycles. The maximum atomic E-state index is 10.8. The van der Waals surface area contributed by atoms with Crippen LogP contribution in [0.4, 0.5) is 0 Å². The molecule has 0 bridgehead atoms. The summed E-state index contributed by atoms with van der Waals surface area (Å²) in [4.78, 5) is 0. The molecule has 1 aliphatic heterocycles. The Morgan fingerprint density at radius 2 is 2.11 bits per heavy atom. The maximum Gasteiger partial charge on any atom is 0.0737 e. The van der Waals surface area contributed by atoms with Gasteiger partial charge in [0.2, 0.25) is 0 Å². The predicted molar refractivity (Wildman–Crippen MR) is 79.0 cm³/mol. The quantitative estimate of drug-likeness (QED) is 0.904. The lowest BCUT2D eigenvalue weighted by atomic mass is 9.78. The van der Waals surface area contributed by atoms with Crippen molar-refractivity contribution in [3.8, 4) is 0 Å². The third kappa shape index (κ3) is 3.43. The predicted octanol–water partition coefficient (Wildman–Crippen LogP) is 4.25. The smallest absolute Gasteiger partial charge is 0.0737 e. The van der Waals surface area contributed by atoms with Crippen LogP contribution in [-0.4, -0.2) is 22.9 Å². The molecule has 0 aromatic heterocycles. The molecule has 2 nitrogen and oxygen atoms in total. The summed E-state index contributed by atoms with van der Waals surface area (Å²) < 4.78 is 5.78. The fourth-order valence-electron chi connectivity index (χ4n) is 2.74. The van der Waals surface area contributed by atoms with Crippen molar-refractivity contribution in [3.05, 3.63) is 33.8 Å². The van der Waals surface area contributed by atoms with Crippen LogP contribution >= 0.6 is 23.2 Å². The summed E-state index contributed by atoms with van der Waals surface area (Å²) in [6.07, 6.45) is 2.66. The first kappa shape index (κ1) is 15.1. The standard InChI is InChI=1S/C15H20Cl2O2/c1-3-14(2)10-15(18,7-8-19-14)9-11-5-4-6-12(16)13(11)17/h4-6,18H,3,7-10H2,1-2H3. The van der Waals surface area contributed by atoms with E-state index in [1.165, 1.54) is 0 Å². The molecule has 1 aromatic rings. The second-order valence-corrected chi connectivity index (χ2v) is 6.48. The van der Waals surface area contributed by atoms with Crippen LogP contribution in [-0.2, 0) is 11.2 Å². The van der Waals surface area contributed by atoms with E-state index in [4.69, 9.17) is 27.9 Å². The third-order valence-corrected chi connectivity index (χ3v) is 4.88. The van der Waals surface area contributed by atoms with Gasteiger partial charge in [0, 0.05) is 12.8 Å². The zero-order valence-electron chi connectivity index (χ0n) is 11.4. The highest BCUT2D eigenvalue weighted by molar-refractivity contribution is 6.42. The van der Waals surface area contributed by atoms with Crippen LogP contribution in [0.2, 0.25) is 10.0 Å². The van der Waals surface area contributed by atoms with E-state index in [0.29, 0.717) is 35.9 Å². The summed E-state index contributed by atoms with van der Waals surface area (Å²) >= 11 is 12.2. The van der Waals surface area contributed by atoms with Crippen molar-refractivity contribution in [1.29, 1.82) is 0 Å². The van der Waals surface area contributed by atoms with Crippen molar-refractivity contribution >= 4 is 23.2 Å². The number of hydrogen-bond donors (Lipinski definition) is 1. The first-order valence-corrected chi connectivity index (χ1v) is 7.42. The highest BCUT2D eigenvalue weighted by Crippen LogP contribution is 2.38. The highest BCUT2D eigenvalue weighted by atomic mass is 35.5. The molecule has 0 saturated carbocycles. The van der Waals surface area contributed by atoms with Gasteiger partial charge in [0.05, 0.1) is 27.9 Å². The Bertz CT molecular complexity index is 463. The van der Waals surface area contributed by atoms with Crippen LogP contribution in [0.5, 0.6) is 0 Å². The van der Waals surface area contributed by atoms with Gasteiger partial charge in [-0.3, -0.25) is 0 Å². The minimum Gasteiger partial charge on any atom is -0.389 e. The zero-order valence-corrected chi connectivity index (χ0v) is 12.9. The highest BCUT2D eigenvalue weighted by Gasteiger charge is 2.41. The summed E-state index contributed by atoms with van der Waals surface area (Å²) in [7, 11) is 0. The van der Waals surface area contributed by atoms with E-state index in [-0.39, 0.29) is 5.60 Å². The van der Waals surface area contributed by atoms with Crippen LogP contribution < -0.4 is 0 Å². The monoisotopic (exact) mass is 302 g/mol. The van der Waals surface area contributed by atoms with E-state index in [9.17, 15) is 5.11 Å². The second-order valence-electron chi connectivity index (χ2n) is 5.69. The summed E-state index contributed by atoms with van der Waals surface area (Å²) in [6.45, 7) is 4.72. The molecule has 1 saturated heterocycles. The number of hydrogen-bond acceptors (Lipinski definition) is 2. The molecule has 0 radical (unpaired) electrons. The van der Waals surface area contributed by atoms with Crippen molar-refractivity contribution in [1.82, 2.24) is 0 Å². The van der Waals surface area contributed by atoms with E-state index in [1.807, 2.05) is 12.1 Å². The molecule has 0 spiro atoms. The molecule has 1 fully saturated rings. The molecule has 2 atom stereocenters. The van der Waals surface area contributed by atoms with Gasteiger partial charge in [-0.15, -0.1) is 0 Å². The third-order valence-electron chi connectivity index (χ3n) is 4.02. The van der Waals surface area contributed by atoms with Gasteiger partial charge in [-0.25, -0.2) is 0 Å². The van der Waals surface area contributed by atoms with Crippen LogP contribution in [0.3, 0.4) is 0 Å². The number of halogens is 2. The lowest BCUT2D eigenvalue weighted by molar-refractivity contribution is -0.152. The number of ether oxygens (including phenoxy) is 1. The Balaban J connectivity index is 2.19. The first-order chi connectivity index (χ1) is 8.87. The molecule has 0 amide bonds. The zero-order chi connectivity index (χ0) is 14.1. The van der Waals surface area contributed by atoms with Gasteiger partial charge in [0.15, 0.2) is 0 Å². The number of rotatable bonds is 3. The van der Waals surface area contributed by atoms with E-state index in [1.54, 1.807) is 6.07 Å². The van der Waals surface area contributed by atoms with Crippen LogP contribution in [0.25, 0.3) is 0 Å². The largest absolute Gasteiger partial charge is 0.389 e. The van der Waals surface area contributed by atoms with Gasteiger partial charge in [0.1, 0.15) is 0 Å². The number of benzene rings is 1. The van der Waals surface area contributed by atoms with Crippen LogP contribution in [0, 0.1) is 0 Å². The first-order valence-electron chi connectivity index (χ1n) is 6.67. The van der Waals surface area contributed by atoms with E-state index >= 15 is 0 Å². The van der Waals surface area contributed by atoms with Gasteiger partial charge in [-0.1, -0.05) is 42.3 Å². The average molecular weight is 303 g/mol. The Kier molecular flexibility index (Phi) is 4.46. The Morgan fingerprint density at radius 1 is 1.37 bits per heavy atom. The van der Waals surface area contributed by atoms with Gasteiger partial charge < -0.3 is 9.84 Å². The van der Waals surface area contributed by atoms with Crippen LogP contribution in [0.15, 0.2) is 18.2 Å². The average Bonchev–Trinajstić information content (AvgIpc) is 2.35. The lowest BCUT2D eigenvalue weighted by Crippen LogP contribution is -2.48. The molecular weight excluding hydrogens is 283 g/mol. The fraction of sp³-hybridized carbons (Fsp3) is 0.600. The lowest BCUT2D eigenvalue weighted by Gasteiger charge is -2.43. The molecule has 2 rings (SSSR count). The van der Waals surface area contributed by atoms with Gasteiger partial charge in [0.25, 0.3) is 0 Å². The molecule has 106 valence electrons. The van der Waals surface area contributed by atoms with E-state index < -0.39 is 5.60 Å². The van der Waals surface area contributed by atoms with Crippen molar-refractivity contribution in [2.45, 2.75) is 50.7 Å².